The van der Waals surface area contributed by atoms with Gasteiger partial charge < -0.3 is 0 Å². The lowest BCUT2D eigenvalue weighted by atomic mass is 10.1. The monoisotopic (exact) mass is 310 g/mol. The Morgan fingerprint density at radius 2 is 1.90 bits per heavy atom. The van der Waals surface area contributed by atoms with Crippen LogP contribution >= 0.6 is 11.6 Å². The molecule has 0 bridgehead atoms. The molecule has 1 aromatic carbocycles. The number of halogens is 2. The van der Waals surface area contributed by atoms with Crippen LogP contribution in [-0.2, 0) is 0 Å². The first-order chi connectivity index (χ1) is 9.95. The third-order valence-electron chi connectivity index (χ3n) is 3.37. The van der Waals surface area contributed by atoms with Gasteiger partial charge in [-0.3, -0.25) is 14.3 Å². The summed E-state index contributed by atoms with van der Waals surface area (Å²) in [6.45, 7) is 3.79. The predicted octanol–water partition coefficient (Wildman–Crippen LogP) is 3.36. The van der Waals surface area contributed by atoms with Crippen molar-refractivity contribution in [1.29, 1.82) is 0 Å². The number of benzene rings is 1. The molecule has 1 N–H and O–H groups in total. The molecule has 1 heterocycles. The molecule has 1 atom stereocenters. The van der Waals surface area contributed by atoms with E-state index in [2.05, 4.69) is 4.98 Å². The minimum absolute atomic E-state index is 0.0310. The summed E-state index contributed by atoms with van der Waals surface area (Å²) in [4.78, 5) is 27.0. The van der Waals surface area contributed by atoms with Gasteiger partial charge >= 0.3 is 5.69 Å². The zero-order valence-electron chi connectivity index (χ0n) is 11.8. The van der Waals surface area contributed by atoms with Crippen LogP contribution in [0.5, 0.6) is 0 Å². The van der Waals surface area contributed by atoms with Gasteiger partial charge in [-0.25, -0.2) is 9.18 Å². The number of nitrogens with zero attached hydrogens (tertiary/aromatic N) is 1. The topological polar surface area (TPSA) is 54.9 Å². The number of aromatic nitrogens is 2. The second-order valence-corrected chi connectivity index (χ2v) is 5.32. The van der Waals surface area contributed by atoms with Crippen molar-refractivity contribution in [2.24, 2.45) is 0 Å². The van der Waals surface area contributed by atoms with Gasteiger partial charge in [-0.2, -0.15) is 0 Å². The highest BCUT2D eigenvalue weighted by Crippen LogP contribution is 2.22. The van der Waals surface area contributed by atoms with Crippen LogP contribution in [0.1, 0.15) is 32.7 Å². The quantitative estimate of drug-likeness (QED) is 0.880. The van der Waals surface area contributed by atoms with Crippen LogP contribution in [0.3, 0.4) is 0 Å². The molecule has 2 aromatic rings. The second-order valence-electron chi connectivity index (χ2n) is 4.94. The third-order valence-corrected chi connectivity index (χ3v) is 3.65. The summed E-state index contributed by atoms with van der Waals surface area (Å²) in [7, 11) is 0. The largest absolute Gasteiger partial charge is 0.329 e. The second kappa shape index (κ2) is 6.26. The summed E-state index contributed by atoms with van der Waals surface area (Å²) in [5.74, 6) is -0.404. The molecule has 2 rings (SSSR count). The molecule has 0 saturated heterocycles. The molecule has 4 nitrogen and oxygen atoms in total. The summed E-state index contributed by atoms with van der Waals surface area (Å²) in [5, 5.41) is -0.0310. The molecule has 6 heteroatoms. The van der Waals surface area contributed by atoms with Gasteiger partial charge in [-0.05, 0) is 31.0 Å². The third kappa shape index (κ3) is 3.08. The van der Waals surface area contributed by atoms with Gasteiger partial charge in [0.05, 0.1) is 5.56 Å². The van der Waals surface area contributed by atoms with E-state index in [1.54, 1.807) is 0 Å². The summed E-state index contributed by atoms with van der Waals surface area (Å²) in [6, 6.07) is 5.19. The Morgan fingerprint density at radius 1 is 1.29 bits per heavy atom. The molecule has 0 aliphatic heterocycles. The van der Waals surface area contributed by atoms with E-state index in [0.717, 1.165) is 11.0 Å². The predicted molar refractivity (Wildman–Crippen MR) is 81.3 cm³/mol. The van der Waals surface area contributed by atoms with Crippen LogP contribution < -0.4 is 11.2 Å². The highest BCUT2D eigenvalue weighted by molar-refractivity contribution is 6.32. The Kier molecular flexibility index (Phi) is 4.63. The highest BCUT2D eigenvalue weighted by atomic mass is 35.5. The molecule has 0 amide bonds. The molecular weight excluding hydrogens is 295 g/mol. The molecule has 0 aliphatic rings. The maximum absolute atomic E-state index is 13.0. The van der Waals surface area contributed by atoms with Crippen molar-refractivity contribution in [2.45, 2.75) is 32.7 Å². The lowest BCUT2D eigenvalue weighted by Crippen LogP contribution is -2.38. The molecule has 0 spiro atoms. The van der Waals surface area contributed by atoms with E-state index in [-0.39, 0.29) is 16.8 Å². The molecule has 0 saturated carbocycles. The maximum atomic E-state index is 13.0. The lowest BCUT2D eigenvalue weighted by molar-refractivity contribution is 0.466. The smallest absolute Gasteiger partial charge is 0.297 e. The average Bonchev–Trinajstić information content (AvgIpc) is 2.40. The van der Waals surface area contributed by atoms with Crippen LogP contribution in [0.4, 0.5) is 4.39 Å². The standard InChI is InChI=1S/C15H16ClFN2O2/c1-3-4-9(2)19-14(20)12(13(16)18-15(19)21)10-5-7-11(17)8-6-10/h5-9H,3-4H2,1-2H3,(H,18,21). The van der Waals surface area contributed by atoms with Crippen LogP contribution in [0.15, 0.2) is 33.9 Å². The van der Waals surface area contributed by atoms with Crippen molar-refractivity contribution in [1.82, 2.24) is 9.55 Å². The minimum Gasteiger partial charge on any atom is -0.297 e. The molecular formula is C15H16ClFN2O2. The van der Waals surface area contributed by atoms with Gasteiger partial charge in [-0.1, -0.05) is 37.1 Å². The molecule has 0 radical (unpaired) electrons. The van der Waals surface area contributed by atoms with Crippen molar-refractivity contribution in [3.63, 3.8) is 0 Å². The number of hydrogen-bond donors (Lipinski definition) is 1. The average molecular weight is 311 g/mol. The SMILES string of the molecule is CCCC(C)n1c(=O)[nH]c(Cl)c(-c2ccc(F)cc2)c1=O. The number of H-pyrrole nitrogens is 1. The first-order valence-electron chi connectivity index (χ1n) is 6.76. The van der Waals surface area contributed by atoms with Crippen molar-refractivity contribution < 1.29 is 4.39 Å². The normalized spacial score (nSPS) is 12.4. The summed E-state index contributed by atoms with van der Waals surface area (Å²) < 4.78 is 14.2. The first-order valence-corrected chi connectivity index (χ1v) is 7.13. The highest BCUT2D eigenvalue weighted by Gasteiger charge is 2.17. The minimum atomic E-state index is -0.531. The molecule has 112 valence electrons. The fraction of sp³-hybridized carbons (Fsp3) is 0.333. The first kappa shape index (κ1) is 15.5. The van der Waals surface area contributed by atoms with Gasteiger partial charge in [-0.15, -0.1) is 0 Å². The van der Waals surface area contributed by atoms with Crippen molar-refractivity contribution in [3.8, 4) is 11.1 Å². The summed E-state index contributed by atoms with van der Waals surface area (Å²) >= 11 is 6.00. The van der Waals surface area contributed by atoms with E-state index in [1.807, 2.05) is 13.8 Å². The fourth-order valence-electron chi connectivity index (χ4n) is 2.34. The molecule has 0 fully saturated rings. The summed E-state index contributed by atoms with van der Waals surface area (Å²) in [5.41, 5.74) is -0.340. The van der Waals surface area contributed by atoms with E-state index < -0.39 is 17.1 Å². The van der Waals surface area contributed by atoms with Crippen LogP contribution in [0.2, 0.25) is 5.15 Å². The van der Waals surface area contributed by atoms with E-state index in [0.29, 0.717) is 12.0 Å². The molecule has 21 heavy (non-hydrogen) atoms. The molecule has 1 unspecified atom stereocenters. The number of hydrogen-bond acceptors (Lipinski definition) is 2. The van der Waals surface area contributed by atoms with Crippen LogP contribution in [0, 0.1) is 5.82 Å². The van der Waals surface area contributed by atoms with Gasteiger partial charge in [0, 0.05) is 6.04 Å². The number of rotatable bonds is 4. The Labute approximate surface area is 126 Å². The Morgan fingerprint density at radius 3 is 2.48 bits per heavy atom. The zero-order valence-corrected chi connectivity index (χ0v) is 12.6. The fourth-order valence-corrected chi connectivity index (χ4v) is 2.61. The molecule has 1 aromatic heterocycles. The Balaban J connectivity index is 2.67. The van der Waals surface area contributed by atoms with Gasteiger partial charge in [0.15, 0.2) is 0 Å². The van der Waals surface area contributed by atoms with Gasteiger partial charge in [0.1, 0.15) is 11.0 Å². The number of nitrogens with one attached hydrogen (secondary N) is 1. The maximum Gasteiger partial charge on any atom is 0.329 e. The van der Waals surface area contributed by atoms with Crippen molar-refractivity contribution in [2.75, 3.05) is 0 Å². The van der Waals surface area contributed by atoms with Gasteiger partial charge in [0.25, 0.3) is 5.56 Å². The summed E-state index contributed by atoms with van der Waals surface area (Å²) in [6.07, 6.45) is 1.55. The van der Waals surface area contributed by atoms with E-state index in [4.69, 9.17) is 11.6 Å². The zero-order chi connectivity index (χ0) is 15.6. The lowest BCUT2D eigenvalue weighted by Gasteiger charge is -2.15. The Bertz CT molecular complexity index is 750. The molecule has 0 aliphatic carbocycles. The van der Waals surface area contributed by atoms with Crippen LogP contribution in [0.25, 0.3) is 11.1 Å². The van der Waals surface area contributed by atoms with Gasteiger partial charge in [0.2, 0.25) is 0 Å². The van der Waals surface area contributed by atoms with E-state index in [1.165, 1.54) is 24.3 Å². The number of aromatic amines is 1. The van der Waals surface area contributed by atoms with E-state index in [9.17, 15) is 14.0 Å². The van der Waals surface area contributed by atoms with E-state index >= 15 is 0 Å². The van der Waals surface area contributed by atoms with Crippen LogP contribution in [-0.4, -0.2) is 9.55 Å². The van der Waals surface area contributed by atoms with Crippen molar-refractivity contribution in [3.05, 3.63) is 56.1 Å². The Hall–Kier alpha value is -1.88. The van der Waals surface area contributed by atoms with Crippen molar-refractivity contribution >= 4 is 11.6 Å².